The Morgan fingerprint density at radius 3 is 2.78 bits per heavy atom. The standard InChI is InChI=1S/C23H32N6O2S/c1-3-31-16-14-25-21-19-17-26-29(22(19)28-23(27-21)32-4-2)15-13-24-20(30)12-8-11-18-9-6-5-7-10-18/h5-7,9-10,17H,3-4,8,11-16H2,1-2H3,(H,24,30)(H,25,27,28). The van der Waals surface area contributed by atoms with Crippen LogP contribution in [-0.4, -0.2) is 57.7 Å². The number of aromatic nitrogens is 4. The van der Waals surface area contributed by atoms with E-state index in [-0.39, 0.29) is 5.91 Å². The lowest BCUT2D eigenvalue weighted by molar-refractivity contribution is -0.121. The molecular formula is C23H32N6O2S. The van der Waals surface area contributed by atoms with Crippen LogP contribution in [0.1, 0.15) is 32.3 Å². The van der Waals surface area contributed by atoms with Crippen LogP contribution in [-0.2, 0) is 22.5 Å². The Morgan fingerprint density at radius 1 is 1.16 bits per heavy atom. The average Bonchev–Trinajstić information content (AvgIpc) is 3.21. The first-order chi connectivity index (χ1) is 15.7. The number of carbonyl (C=O) groups excluding carboxylic acids is 1. The zero-order valence-corrected chi connectivity index (χ0v) is 19.7. The zero-order chi connectivity index (χ0) is 22.6. The topological polar surface area (TPSA) is 94.0 Å². The number of hydrogen-bond donors (Lipinski definition) is 2. The molecule has 9 heteroatoms. The number of ether oxygens (including phenoxy) is 1. The molecule has 0 aliphatic rings. The Labute approximate surface area is 193 Å². The van der Waals surface area contributed by atoms with Crippen molar-refractivity contribution in [2.45, 2.75) is 44.8 Å². The zero-order valence-electron chi connectivity index (χ0n) is 18.8. The van der Waals surface area contributed by atoms with Crippen molar-refractivity contribution >= 4 is 34.5 Å². The molecule has 0 saturated heterocycles. The van der Waals surface area contributed by atoms with Gasteiger partial charge in [-0.3, -0.25) is 4.79 Å². The molecule has 3 rings (SSSR count). The van der Waals surface area contributed by atoms with E-state index in [1.54, 1.807) is 18.0 Å². The molecule has 0 fully saturated rings. The van der Waals surface area contributed by atoms with Crippen LogP contribution >= 0.6 is 11.8 Å². The van der Waals surface area contributed by atoms with Gasteiger partial charge in [0.2, 0.25) is 5.91 Å². The summed E-state index contributed by atoms with van der Waals surface area (Å²) in [4.78, 5) is 21.5. The molecule has 2 heterocycles. The molecule has 0 bridgehead atoms. The van der Waals surface area contributed by atoms with Crippen molar-refractivity contribution < 1.29 is 9.53 Å². The molecule has 0 saturated carbocycles. The molecule has 0 radical (unpaired) electrons. The molecule has 8 nitrogen and oxygen atoms in total. The molecule has 0 aliphatic heterocycles. The SMILES string of the molecule is CCOCCNc1nc(SCC)nc2c1cnn2CCNC(=O)CCCc1ccccc1. The molecule has 32 heavy (non-hydrogen) atoms. The summed E-state index contributed by atoms with van der Waals surface area (Å²) >= 11 is 1.59. The van der Waals surface area contributed by atoms with Gasteiger partial charge in [0, 0.05) is 26.1 Å². The van der Waals surface area contributed by atoms with Crippen LogP contribution in [0.25, 0.3) is 11.0 Å². The number of fused-ring (bicyclic) bond motifs is 1. The lowest BCUT2D eigenvalue weighted by atomic mass is 10.1. The van der Waals surface area contributed by atoms with E-state index in [4.69, 9.17) is 4.74 Å². The number of hydrogen-bond acceptors (Lipinski definition) is 7. The van der Waals surface area contributed by atoms with Crippen molar-refractivity contribution in [3.8, 4) is 0 Å². The van der Waals surface area contributed by atoms with E-state index in [9.17, 15) is 4.79 Å². The van der Waals surface area contributed by atoms with Crippen LogP contribution in [0.3, 0.4) is 0 Å². The first-order valence-electron chi connectivity index (χ1n) is 11.2. The van der Waals surface area contributed by atoms with E-state index < -0.39 is 0 Å². The van der Waals surface area contributed by atoms with Gasteiger partial charge in [-0.2, -0.15) is 5.10 Å². The van der Waals surface area contributed by atoms with Crippen LogP contribution in [0, 0.1) is 0 Å². The third kappa shape index (κ3) is 7.20. The maximum atomic E-state index is 12.2. The normalized spacial score (nSPS) is 11.1. The van der Waals surface area contributed by atoms with Gasteiger partial charge in [-0.15, -0.1) is 0 Å². The molecule has 0 unspecified atom stereocenters. The minimum Gasteiger partial charge on any atom is -0.380 e. The van der Waals surface area contributed by atoms with E-state index >= 15 is 0 Å². The molecule has 2 N–H and O–H groups in total. The lowest BCUT2D eigenvalue weighted by Gasteiger charge is -2.10. The number of anilines is 1. The van der Waals surface area contributed by atoms with E-state index in [1.807, 2.05) is 29.8 Å². The Kier molecular flexibility index (Phi) is 9.77. The van der Waals surface area contributed by atoms with Crippen molar-refractivity contribution in [2.75, 3.05) is 37.4 Å². The smallest absolute Gasteiger partial charge is 0.220 e. The molecule has 1 aromatic carbocycles. The van der Waals surface area contributed by atoms with Gasteiger partial charge in [-0.25, -0.2) is 14.6 Å². The van der Waals surface area contributed by atoms with E-state index in [1.165, 1.54) is 5.56 Å². The van der Waals surface area contributed by atoms with Gasteiger partial charge in [0.05, 0.1) is 24.7 Å². The second-order valence-electron chi connectivity index (χ2n) is 7.21. The summed E-state index contributed by atoms with van der Waals surface area (Å²) in [6, 6.07) is 10.2. The second-order valence-corrected chi connectivity index (χ2v) is 8.44. The fourth-order valence-electron chi connectivity index (χ4n) is 3.30. The summed E-state index contributed by atoms with van der Waals surface area (Å²) in [6.45, 7) is 7.08. The Bertz CT molecular complexity index is 979. The summed E-state index contributed by atoms with van der Waals surface area (Å²) in [6.07, 6.45) is 4.04. The average molecular weight is 457 g/mol. The Hall–Kier alpha value is -2.65. The summed E-state index contributed by atoms with van der Waals surface area (Å²) in [5, 5.41) is 12.4. The highest BCUT2D eigenvalue weighted by atomic mass is 32.2. The molecule has 0 spiro atoms. The van der Waals surface area contributed by atoms with Gasteiger partial charge in [-0.1, -0.05) is 49.0 Å². The van der Waals surface area contributed by atoms with Crippen molar-refractivity contribution in [1.82, 2.24) is 25.1 Å². The largest absolute Gasteiger partial charge is 0.380 e. The maximum Gasteiger partial charge on any atom is 0.220 e. The second kappa shape index (κ2) is 13.0. The van der Waals surface area contributed by atoms with Crippen LogP contribution in [0.2, 0.25) is 0 Å². The molecule has 172 valence electrons. The summed E-state index contributed by atoms with van der Waals surface area (Å²) in [5.41, 5.74) is 2.03. The minimum atomic E-state index is 0.0625. The molecule has 0 aliphatic carbocycles. The first kappa shape index (κ1) is 24.0. The fourth-order valence-corrected chi connectivity index (χ4v) is 3.87. The van der Waals surface area contributed by atoms with Gasteiger partial charge < -0.3 is 15.4 Å². The van der Waals surface area contributed by atoms with Crippen molar-refractivity contribution in [3.05, 3.63) is 42.1 Å². The maximum absolute atomic E-state index is 12.2. The number of nitrogens with one attached hydrogen (secondary N) is 2. The molecule has 3 aromatic rings. The van der Waals surface area contributed by atoms with Crippen molar-refractivity contribution in [3.63, 3.8) is 0 Å². The van der Waals surface area contributed by atoms with E-state index in [2.05, 4.69) is 44.8 Å². The number of thioether (sulfide) groups is 1. The quantitative estimate of drug-likeness (QED) is 0.218. The highest BCUT2D eigenvalue weighted by molar-refractivity contribution is 7.99. The highest BCUT2D eigenvalue weighted by Crippen LogP contribution is 2.24. The molecule has 0 atom stereocenters. The Morgan fingerprint density at radius 2 is 2.00 bits per heavy atom. The number of rotatable bonds is 14. The number of carbonyl (C=O) groups is 1. The van der Waals surface area contributed by atoms with Crippen molar-refractivity contribution in [1.29, 1.82) is 0 Å². The lowest BCUT2D eigenvalue weighted by Crippen LogP contribution is -2.27. The predicted molar refractivity (Wildman–Crippen MR) is 129 cm³/mol. The van der Waals surface area contributed by atoms with Gasteiger partial charge in [0.15, 0.2) is 10.8 Å². The summed E-state index contributed by atoms with van der Waals surface area (Å²) < 4.78 is 7.23. The van der Waals surface area contributed by atoms with E-state index in [0.29, 0.717) is 44.4 Å². The van der Waals surface area contributed by atoms with Crippen molar-refractivity contribution in [2.24, 2.45) is 0 Å². The minimum absolute atomic E-state index is 0.0625. The Balaban J connectivity index is 1.54. The third-order valence-electron chi connectivity index (χ3n) is 4.85. The number of amides is 1. The molecular weight excluding hydrogens is 424 g/mol. The van der Waals surface area contributed by atoms with Crippen LogP contribution in [0.4, 0.5) is 5.82 Å². The number of nitrogens with zero attached hydrogens (tertiary/aromatic N) is 4. The summed E-state index contributed by atoms with van der Waals surface area (Å²) in [5.74, 6) is 1.71. The van der Waals surface area contributed by atoms with E-state index in [0.717, 1.165) is 35.4 Å². The number of benzene rings is 1. The number of aryl methyl sites for hydroxylation is 1. The summed E-state index contributed by atoms with van der Waals surface area (Å²) in [7, 11) is 0. The highest BCUT2D eigenvalue weighted by Gasteiger charge is 2.13. The molecule has 1 amide bonds. The predicted octanol–water partition coefficient (Wildman–Crippen LogP) is 3.53. The van der Waals surface area contributed by atoms with Crippen LogP contribution in [0.15, 0.2) is 41.7 Å². The van der Waals surface area contributed by atoms with Gasteiger partial charge >= 0.3 is 0 Å². The van der Waals surface area contributed by atoms with Gasteiger partial charge in [0.25, 0.3) is 0 Å². The fraction of sp³-hybridized carbons (Fsp3) is 0.478. The monoisotopic (exact) mass is 456 g/mol. The van der Waals surface area contributed by atoms with Crippen LogP contribution in [0.5, 0.6) is 0 Å². The molecule has 2 aromatic heterocycles. The third-order valence-corrected chi connectivity index (χ3v) is 5.58. The van der Waals surface area contributed by atoms with Crippen LogP contribution < -0.4 is 10.6 Å². The first-order valence-corrected chi connectivity index (χ1v) is 12.2. The van der Waals surface area contributed by atoms with Gasteiger partial charge in [-0.05, 0) is 31.1 Å². The van der Waals surface area contributed by atoms with Gasteiger partial charge in [0.1, 0.15) is 5.82 Å².